The first-order valence-corrected chi connectivity index (χ1v) is 4.41. The third kappa shape index (κ3) is 1.50. The average molecular weight is 217 g/mol. The van der Waals surface area contributed by atoms with Gasteiger partial charge in [0.25, 0.3) is 0 Å². The summed E-state index contributed by atoms with van der Waals surface area (Å²) in [4.78, 5) is 6.97. The van der Waals surface area contributed by atoms with Gasteiger partial charge in [0.05, 0.1) is 10.5 Å². The zero-order valence-electron chi connectivity index (χ0n) is 6.51. The highest BCUT2D eigenvalue weighted by atomic mass is 35.5. The van der Waals surface area contributed by atoms with Crippen LogP contribution < -0.4 is 0 Å². The Balaban J connectivity index is 2.75. The first-order valence-electron chi connectivity index (χ1n) is 3.65. The van der Waals surface area contributed by atoms with Crippen LogP contribution in [0.3, 0.4) is 0 Å². The molecule has 0 radical (unpaired) electrons. The van der Waals surface area contributed by atoms with Crippen LogP contribution in [0, 0.1) is 0 Å². The number of fused-ring (bicyclic) bond motifs is 1. The molecular weight excluding hydrogens is 211 g/mol. The van der Waals surface area contributed by atoms with Crippen molar-refractivity contribution in [2.75, 3.05) is 0 Å². The molecule has 13 heavy (non-hydrogen) atoms. The smallest absolute Gasteiger partial charge is 0.133 e. The molecule has 1 aromatic carbocycles. The molecule has 0 aliphatic heterocycles. The minimum atomic E-state index is -0.136. The van der Waals surface area contributed by atoms with Crippen LogP contribution in [-0.4, -0.2) is 15.1 Å². The Labute approximate surface area is 84.3 Å². The largest absolute Gasteiger partial charge is 0.388 e. The summed E-state index contributed by atoms with van der Waals surface area (Å²) in [7, 11) is 0. The predicted molar refractivity (Wildman–Crippen MR) is 52.0 cm³/mol. The molecule has 68 valence electrons. The molecule has 0 spiro atoms. The second kappa shape index (κ2) is 3.18. The molecule has 2 rings (SSSR count). The van der Waals surface area contributed by atoms with Crippen LogP contribution in [0.2, 0.25) is 10.0 Å². The Hall–Kier alpha value is -0.770. The number of hydrogen-bond donors (Lipinski definition) is 2. The van der Waals surface area contributed by atoms with E-state index in [9.17, 15) is 0 Å². The highest BCUT2D eigenvalue weighted by molar-refractivity contribution is 6.38. The number of hydrogen-bond acceptors (Lipinski definition) is 2. The van der Waals surface area contributed by atoms with E-state index in [1.54, 1.807) is 12.1 Å². The third-order valence-corrected chi connectivity index (χ3v) is 2.21. The van der Waals surface area contributed by atoms with Crippen LogP contribution in [0.15, 0.2) is 12.1 Å². The van der Waals surface area contributed by atoms with Crippen LogP contribution in [0.1, 0.15) is 5.82 Å². The fraction of sp³-hybridized carbons (Fsp3) is 0.125. The van der Waals surface area contributed by atoms with Gasteiger partial charge in [-0.15, -0.1) is 0 Å². The molecule has 0 fully saturated rings. The predicted octanol–water partition coefficient (Wildman–Crippen LogP) is 2.36. The van der Waals surface area contributed by atoms with Crippen molar-refractivity contribution in [2.45, 2.75) is 6.61 Å². The molecule has 3 nitrogen and oxygen atoms in total. The number of H-pyrrole nitrogens is 1. The van der Waals surface area contributed by atoms with Crippen LogP contribution >= 0.6 is 23.2 Å². The number of aromatic nitrogens is 2. The molecule has 0 unspecified atom stereocenters. The van der Waals surface area contributed by atoms with Crippen molar-refractivity contribution in [3.05, 3.63) is 28.0 Å². The van der Waals surface area contributed by atoms with Crippen molar-refractivity contribution >= 4 is 34.2 Å². The number of nitrogens with one attached hydrogen (secondary N) is 1. The highest BCUT2D eigenvalue weighted by Gasteiger charge is 2.06. The van der Waals surface area contributed by atoms with Gasteiger partial charge in [-0.3, -0.25) is 0 Å². The Morgan fingerprint density at radius 1 is 1.38 bits per heavy atom. The molecule has 0 bridgehead atoms. The molecule has 5 heteroatoms. The Bertz CT molecular complexity index is 453. The van der Waals surface area contributed by atoms with Gasteiger partial charge in [0.2, 0.25) is 0 Å². The van der Waals surface area contributed by atoms with E-state index in [0.717, 1.165) is 5.52 Å². The molecule has 0 aliphatic rings. The number of aliphatic hydroxyl groups is 1. The van der Waals surface area contributed by atoms with Crippen molar-refractivity contribution in [1.82, 2.24) is 9.97 Å². The molecule has 0 saturated carbocycles. The van der Waals surface area contributed by atoms with Gasteiger partial charge in [0.1, 0.15) is 17.9 Å². The fourth-order valence-corrected chi connectivity index (χ4v) is 1.70. The topological polar surface area (TPSA) is 48.9 Å². The maximum atomic E-state index is 8.83. The number of aliphatic hydroxyl groups excluding tert-OH is 1. The second-order valence-corrected chi connectivity index (χ2v) is 3.47. The second-order valence-electron chi connectivity index (χ2n) is 2.63. The van der Waals surface area contributed by atoms with E-state index >= 15 is 0 Å². The summed E-state index contributed by atoms with van der Waals surface area (Å²) in [5.74, 6) is 0.485. The van der Waals surface area contributed by atoms with Crippen molar-refractivity contribution in [2.24, 2.45) is 0 Å². The van der Waals surface area contributed by atoms with Gasteiger partial charge in [-0.2, -0.15) is 0 Å². The van der Waals surface area contributed by atoms with E-state index in [0.29, 0.717) is 21.4 Å². The number of benzene rings is 1. The van der Waals surface area contributed by atoms with Crippen LogP contribution in [0.25, 0.3) is 11.0 Å². The van der Waals surface area contributed by atoms with Crippen molar-refractivity contribution in [3.8, 4) is 0 Å². The summed E-state index contributed by atoms with van der Waals surface area (Å²) in [6.45, 7) is -0.136. The van der Waals surface area contributed by atoms with Gasteiger partial charge in [0, 0.05) is 5.02 Å². The lowest BCUT2D eigenvalue weighted by atomic mass is 10.3. The molecule has 0 saturated heterocycles. The summed E-state index contributed by atoms with van der Waals surface area (Å²) in [6.07, 6.45) is 0. The Kier molecular flexibility index (Phi) is 2.15. The van der Waals surface area contributed by atoms with Crippen molar-refractivity contribution in [1.29, 1.82) is 0 Å². The third-order valence-electron chi connectivity index (χ3n) is 1.70. The van der Waals surface area contributed by atoms with E-state index in [4.69, 9.17) is 28.3 Å². The molecule has 2 N–H and O–H groups in total. The van der Waals surface area contributed by atoms with Crippen LogP contribution in [-0.2, 0) is 6.61 Å². The summed E-state index contributed by atoms with van der Waals surface area (Å²) in [5, 5.41) is 9.86. The molecule has 0 atom stereocenters. The summed E-state index contributed by atoms with van der Waals surface area (Å²) in [6, 6.07) is 3.34. The standard InChI is InChI=1S/C8H6Cl2N2O/c9-4-1-5(10)8-6(2-4)11-7(3-13)12-8/h1-2,13H,3H2,(H,11,12). The van der Waals surface area contributed by atoms with Gasteiger partial charge in [-0.25, -0.2) is 4.98 Å². The lowest BCUT2D eigenvalue weighted by Gasteiger charge is -1.92. The van der Waals surface area contributed by atoms with Gasteiger partial charge >= 0.3 is 0 Å². The number of halogens is 2. The van der Waals surface area contributed by atoms with E-state index in [1.165, 1.54) is 0 Å². The minimum absolute atomic E-state index is 0.136. The van der Waals surface area contributed by atoms with Gasteiger partial charge < -0.3 is 10.1 Å². The number of imidazole rings is 1. The van der Waals surface area contributed by atoms with Crippen molar-refractivity contribution in [3.63, 3.8) is 0 Å². The first-order chi connectivity index (χ1) is 6.20. The molecule has 1 aromatic heterocycles. The number of aromatic amines is 1. The normalized spacial score (nSPS) is 11.0. The van der Waals surface area contributed by atoms with E-state index in [2.05, 4.69) is 9.97 Å². The molecule has 0 aliphatic carbocycles. The summed E-state index contributed by atoms with van der Waals surface area (Å²) >= 11 is 11.7. The zero-order valence-corrected chi connectivity index (χ0v) is 8.02. The van der Waals surface area contributed by atoms with Crippen LogP contribution in [0.5, 0.6) is 0 Å². The summed E-state index contributed by atoms with van der Waals surface area (Å²) in [5.41, 5.74) is 1.37. The number of rotatable bonds is 1. The number of nitrogens with zero attached hydrogens (tertiary/aromatic N) is 1. The molecule has 2 aromatic rings. The molecule has 0 amide bonds. The van der Waals surface area contributed by atoms with Gasteiger partial charge in [-0.1, -0.05) is 23.2 Å². The maximum absolute atomic E-state index is 8.83. The Morgan fingerprint density at radius 3 is 2.85 bits per heavy atom. The SMILES string of the molecule is OCc1nc2c(Cl)cc(Cl)cc2[nH]1. The lowest BCUT2D eigenvalue weighted by molar-refractivity contribution is 0.273. The molecule has 1 heterocycles. The quantitative estimate of drug-likeness (QED) is 0.770. The van der Waals surface area contributed by atoms with E-state index < -0.39 is 0 Å². The van der Waals surface area contributed by atoms with E-state index in [1.807, 2.05) is 0 Å². The Morgan fingerprint density at radius 2 is 2.15 bits per heavy atom. The minimum Gasteiger partial charge on any atom is -0.388 e. The monoisotopic (exact) mass is 216 g/mol. The molecular formula is C8H6Cl2N2O. The first kappa shape index (κ1) is 8.81. The van der Waals surface area contributed by atoms with E-state index in [-0.39, 0.29) is 6.61 Å². The van der Waals surface area contributed by atoms with Gasteiger partial charge in [-0.05, 0) is 12.1 Å². The van der Waals surface area contributed by atoms with Crippen molar-refractivity contribution < 1.29 is 5.11 Å². The zero-order chi connectivity index (χ0) is 9.42. The fourth-order valence-electron chi connectivity index (χ4n) is 1.17. The van der Waals surface area contributed by atoms with Crippen LogP contribution in [0.4, 0.5) is 0 Å². The maximum Gasteiger partial charge on any atom is 0.133 e. The highest BCUT2D eigenvalue weighted by Crippen LogP contribution is 2.25. The summed E-state index contributed by atoms with van der Waals surface area (Å²) < 4.78 is 0. The lowest BCUT2D eigenvalue weighted by Crippen LogP contribution is -1.83. The van der Waals surface area contributed by atoms with Gasteiger partial charge in [0.15, 0.2) is 0 Å². The average Bonchev–Trinajstić information content (AvgIpc) is 2.47.